The van der Waals surface area contributed by atoms with E-state index in [1.807, 2.05) is 32.2 Å². The van der Waals surface area contributed by atoms with Crippen molar-refractivity contribution in [1.82, 2.24) is 9.78 Å². The molecule has 6 nitrogen and oxygen atoms in total. The van der Waals surface area contributed by atoms with Crippen LogP contribution in [0, 0.1) is 6.92 Å². The summed E-state index contributed by atoms with van der Waals surface area (Å²) in [6, 6.07) is 5.64. The molecule has 0 saturated carbocycles. The molecular weight excluding hydrogens is 244 g/mol. The maximum absolute atomic E-state index is 11.3. The number of nitrogens with two attached hydrogens (primary N) is 1. The highest BCUT2D eigenvalue weighted by atomic mass is 16.5. The van der Waals surface area contributed by atoms with Crippen LogP contribution in [0.25, 0.3) is 11.3 Å². The van der Waals surface area contributed by atoms with Crippen LogP contribution in [-0.4, -0.2) is 22.3 Å². The summed E-state index contributed by atoms with van der Waals surface area (Å²) in [7, 11) is 1.84. The number of nitrogens with one attached hydrogen (secondary N) is 1. The zero-order chi connectivity index (χ0) is 13.6. The molecule has 1 aliphatic heterocycles. The van der Waals surface area contributed by atoms with E-state index in [0.717, 1.165) is 16.8 Å². The van der Waals surface area contributed by atoms with Gasteiger partial charge in [-0.2, -0.15) is 5.10 Å². The average Bonchev–Trinajstić information content (AvgIpc) is 2.62. The average molecular weight is 258 g/mol. The third-order valence-electron chi connectivity index (χ3n) is 3.21. The second-order valence-corrected chi connectivity index (χ2v) is 4.53. The molecule has 1 aromatic carbocycles. The number of carbonyl (C=O) groups excluding carboxylic acids is 1. The Labute approximate surface area is 110 Å². The van der Waals surface area contributed by atoms with E-state index in [2.05, 4.69) is 10.4 Å². The van der Waals surface area contributed by atoms with E-state index < -0.39 is 0 Å². The van der Waals surface area contributed by atoms with Gasteiger partial charge in [0.2, 0.25) is 0 Å². The molecule has 1 amide bonds. The molecule has 0 bridgehead atoms. The minimum absolute atomic E-state index is 0.0596. The SMILES string of the molecule is Cc1c(N)nn(C)c1-c1ccc2c(c1)NC(=O)CO2. The zero-order valence-corrected chi connectivity index (χ0v) is 10.7. The quantitative estimate of drug-likeness (QED) is 0.808. The van der Waals surface area contributed by atoms with Crippen LogP contribution in [0.2, 0.25) is 0 Å². The lowest BCUT2D eigenvalue weighted by Gasteiger charge is -2.18. The van der Waals surface area contributed by atoms with Gasteiger partial charge in [0.1, 0.15) is 11.6 Å². The Kier molecular flexibility index (Phi) is 2.45. The first kappa shape index (κ1) is 11.6. The molecular formula is C13H14N4O2. The van der Waals surface area contributed by atoms with Crippen LogP contribution in [0.4, 0.5) is 11.5 Å². The van der Waals surface area contributed by atoms with Crippen LogP contribution in [0.3, 0.4) is 0 Å². The second-order valence-electron chi connectivity index (χ2n) is 4.53. The van der Waals surface area contributed by atoms with Crippen molar-refractivity contribution in [3.63, 3.8) is 0 Å². The summed E-state index contributed by atoms with van der Waals surface area (Å²) >= 11 is 0. The van der Waals surface area contributed by atoms with Gasteiger partial charge < -0.3 is 15.8 Å². The van der Waals surface area contributed by atoms with Gasteiger partial charge in [-0.15, -0.1) is 0 Å². The van der Waals surface area contributed by atoms with Gasteiger partial charge in [0.25, 0.3) is 5.91 Å². The number of nitrogen functional groups attached to an aromatic ring is 1. The Bertz CT molecular complexity index is 676. The molecule has 0 unspecified atom stereocenters. The number of fused-ring (bicyclic) bond motifs is 1. The van der Waals surface area contributed by atoms with Crippen LogP contribution in [0.15, 0.2) is 18.2 Å². The molecule has 98 valence electrons. The number of carbonyl (C=O) groups is 1. The molecule has 3 rings (SSSR count). The lowest BCUT2D eigenvalue weighted by molar-refractivity contribution is -0.118. The molecule has 6 heteroatoms. The Morgan fingerprint density at radius 3 is 2.95 bits per heavy atom. The molecule has 3 N–H and O–H groups in total. The van der Waals surface area contributed by atoms with E-state index in [0.29, 0.717) is 17.3 Å². The molecule has 0 radical (unpaired) electrons. The van der Waals surface area contributed by atoms with Gasteiger partial charge >= 0.3 is 0 Å². The number of hydrogen-bond acceptors (Lipinski definition) is 4. The lowest BCUT2D eigenvalue weighted by Crippen LogP contribution is -2.25. The molecule has 0 saturated heterocycles. The first-order chi connectivity index (χ1) is 9.06. The van der Waals surface area contributed by atoms with E-state index in [9.17, 15) is 4.79 Å². The van der Waals surface area contributed by atoms with Gasteiger partial charge in [-0.25, -0.2) is 0 Å². The summed E-state index contributed by atoms with van der Waals surface area (Å²) in [6.07, 6.45) is 0. The molecule has 19 heavy (non-hydrogen) atoms. The number of amides is 1. The number of hydrogen-bond donors (Lipinski definition) is 2. The summed E-state index contributed by atoms with van der Waals surface area (Å²) in [5.74, 6) is 1.04. The second kappa shape index (κ2) is 4.01. The van der Waals surface area contributed by atoms with Crippen molar-refractivity contribution in [2.24, 2.45) is 7.05 Å². The monoisotopic (exact) mass is 258 g/mol. The largest absolute Gasteiger partial charge is 0.482 e. The molecule has 0 atom stereocenters. The summed E-state index contributed by atoms with van der Waals surface area (Å²) in [5.41, 5.74) is 9.28. The standard InChI is InChI=1S/C13H14N4O2/c1-7-12(17(2)16-13(7)14)8-3-4-10-9(5-8)15-11(18)6-19-10/h3-5H,6H2,1-2H3,(H2,14,16)(H,15,18). The fraction of sp³-hybridized carbons (Fsp3) is 0.231. The third-order valence-corrected chi connectivity index (χ3v) is 3.21. The van der Waals surface area contributed by atoms with Crippen molar-refractivity contribution in [2.75, 3.05) is 17.7 Å². The van der Waals surface area contributed by atoms with Crippen molar-refractivity contribution in [3.8, 4) is 17.0 Å². The van der Waals surface area contributed by atoms with Gasteiger partial charge in [-0.3, -0.25) is 9.48 Å². The fourth-order valence-electron chi connectivity index (χ4n) is 2.28. The van der Waals surface area contributed by atoms with Gasteiger partial charge in [-0.05, 0) is 25.1 Å². The van der Waals surface area contributed by atoms with Gasteiger partial charge in [-0.1, -0.05) is 0 Å². The zero-order valence-electron chi connectivity index (χ0n) is 10.7. The van der Waals surface area contributed by atoms with Crippen molar-refractivity contribution in [3.05, 3.63) is 23.8 Å². The minimum atomic E-state index is -0.147. The highest BCUT2D eigenvalue weighted by Crippen LogP contribution is 2.34. The van der Waals surface area contributed by atoms with Gasteiger partial charge in [0, 0.05) is 18.2 Å². The van der Waals surface area contributed by atoms with E-state index in [1.165, 1.54) is 0 Å². The van der Waals surface area contributed by atoms with Crippen molar-refractivity contribution in [2.45, 2.75) is 6.92 Å². The Morgan fingerprint density at radius 2 is 2.26 bits per heavy atom. The van der Waals surface area contributed by atoms with Crippen LogP contribution >= 0.6 is 0 Å². The summed E-state index contributed by atoms with van der Waals surface area (Å²) in [4.78, 5) is 11.3. The van der Waals surface area contributed by atoms with E-state index in [4.69, 9.17) is 10.5 Å². The number of benzene rings is 1. The Morgan fingerprint density at radius 1 is 1.47 bits per heavy atom. The number of rotatable bonds is 1. The van der Waals surface area contributed by atoms with E-state index in [1.54, 1.807) is 4.68 Å². The number of aryl methyl sites for hydroxylation is 1. The van der Waals surface area contributed by atoms with Crippen molar-refractivity contribution in [1.29, 1.82) is 0 Å². The smallest absolute Gasteiger partial charge is 0.262 e. The van der Waals surface area contributed by atoms with Crippen LogP contribution in [0.5, 0.6) is 5.75 Å². The van der Waals surface area contributed by atoms with Crippen LogP contribution < -0.4 is 15.8 Å². The molecule has 0 fully saturated rings. The first-order valence-electron chi connectivity index (χ1n) is 5.92. The van der Waals surface area contributed by atoms with Crippen molar-refractivity contribution >= 4 is 17.4 Å². The topological polar surface area (TPSA) is 82.2 Å². The number of ether oxygens (including phenoxy) is 1. The molecule has 2 aromatic rings. The van der Waals surface area contributed by atoms with Crippen LogP contribution in [-0.2, 0) is 11.8 Å². The maximum atomic E-state index is 11.3. The Hall–Kier alpha value is -2.50. The molecule has 1 aromatic heterocycles. The summed E-state index contributed by atoms with van der Waals surface area (Å²) in [5, 5.41) is 6.98. The maximum Gasteiger partial charge on any atom is 0.262 e. The lowest BCUT2D eigenvalue weighted by atomic mass is 10.1. The van der Waals surface area contributed by atoms with E-state index in [-0.39, 0.29) is 12.5 Å². The normalized spacial score (nSPS) is 13.7. The number of nitrogens with zero attached hydrogens (tertiary/aromatic N) is 2. The number of anilines is 2. The van der Waals surface area contributed by atoms with Gasteiger partial charge in [0.05, 0.1) is 11.4 Å². The predicted molar refractivity (Wildman–Crippen MR) is 71.9 cm³/mol. The minimum Gasteiger partial charge on any atom is -0.482 e. The molecule has 0 aliphatic carbocycles. The van der Waals surface area contributed by atoms with Crippen LogP contribution in [0.1, 0.15) is 5.56 Å². The summed E-state index contributed by atoms with van der Waals surface area (Å²) in [6.45, 7) is 1.98. The first-order valence-corrected chi connectivity index (χ1v) is 5.92. The third kappa shape index (κ3) is 1.81. The highest BCUT2D eigenvalue weighted by molar-refractivity contribution is 5.96. The molecule has 2 heterocycles. The number of aromatic nitrogens is 2. The van der Waals surface area contributed by atoms with Gasteiger partial charge in [0.15, 0.2) is 6.61 Å². The van der Waals surface area contributed by atoms with Crippen molar-refractivity contribution < 1.29 is 9.53 Å². The Balaban J connectivity index is 2.11. The predicted octanol–water partition coefficient (Wildman–Crippen LogP) is 1.31. The molecule has 0 spiro atoms. The highest BCUT2D eigenvalue weighted by Gasteiger charge is 2.18. The molecule has 1 aliphatic rings. The fourth-order valence-corrected chi connectivity index (χ4v) is 2.28. The van der Waals surface area contributed by atoms with E-state index >= 15 is 0 Å². The summed E-state index contributed by atoms with van der Waals surface area (Å²) < 4.78 is 7.07.